The van der Waals surface area contributed by atoms with E-state index in [0.29, 0.717) is 12.8 Å². The Hall–Kier alpha value is -1.17. The molecule has 0 fully saturated rings. The minimum absolute atomic E-state index is 0.0270. The van der Waals surface area contributed by atoms with Gasteiger partial charge in [0.05, 0.1) is 6.54 Å². The standard InChI is InChI=1S/C17H24F5N/c1-2-3-4-5-6-7-11-14-23(15-12-9-8-10-13-15)17(21,22)16(18,19)20/h8-10,12-13H,2-7,11,14H2,1H3/p+1. The lowest BCUT2D eigenvalue weighted by Crippen LogP contribution is -3.16. The Balaban J connectivity index is 2.64. The van der Waals surface area contributed by atoms with Crippen LogP contribution >= 0.6 is 0 Å². The number of quaternary nitrogens is 1. The van der Waals surface area contributed by atoms with E-state index in [4.69, 9.17) is 0 Å². The van der Waals surface area contributed by atoms with Gasteiger partial charge in [-0.25, -0.2) is 4.90 Å². The average molecular weight is 338 g/mol. The summed E-state index contributed by atoms with van der Waals surface area (Å²) in [5.74, 6) is 0. The van der Waals surface area contributed by atoms with E-state index >= 15 is 0 Å². The van der Waals surface area contributed by atoms with Gasteiger partial charge >= 0.3 is 12.2 Å². The van der Waals surface area contributed by atoms with Crippen LogP contribution in [0.1, 0.15) is 51.9 Å². The molecule has 1 rings (SSSR count). The van der Waals surface area contributed by atoms with Crippen LogP contribution in [0, 0.1) is 0 Å². The predicted octanol–water partition coefficient (Wildman–Crippen LogP) is 5.11. The van der Waals surface area contributed by atoms with Crippen molar-refractivity contribution in [2.24, 2.45) is 0 Å². The van der Waals surface area contributed by atoms with Crippen LogP contribution in [0.4, 0.5) is 27.6 Å². The van der Waals surface area contributed by atoms with Gasteiger partial charge in [0.2, 0.25) is 0 Å². The van der Waals surface area contributed by atoms with E-state index in [1.165, 1.54) is 24.3 Å². The molecule has 23 heavy (non-hydrogen) atoms. The largest absolute Gasteiger partial charge is 0.515 e. The second kappa shape index (κ2) is 9.21. The maximum Gasteiger partial charge on any atom is 0.515 e. The Bertz CT molecular complexity index is 430. The third kappa shape index (κ3) is 6.09. The number of para-hydroxylation sites is 1. The Labute approximate surface area is 134 Å². The first-order chi connectivity index (χ1) is 10.8. The molecule has 0 saturated carbocycles. The quantitative estimate of drug-likeness (QED) is 0.343. The van der Waals surface area contributed by atoms with Crippen molar-refractivity contribution in [2.75, 3.05) is 6.54 Å². The number of hydrogen-bond acceptors (Lipinski definition) is 0. The molecule has 1 nitrogen and oxygen atoms in total. The van der Waals surface area contributed by atoms with E-state index in [1.807, 2.05) is 0 Å². The molecule has 1 aromatic rings. The first kappa shape index (κ1) is 19.9. The fraction of sp³-hybridized carbons (Fsp3) is 0.647. The number of nitrogens with one attached hydrogen (secondary N) is 1. The molecule has 0 amide bonds. The summed E-state index contributed by atoms with van der Waals surface area (Å²) in [6, 6.07) is 2.41. The van der Waals surface area contributed by atoms with Gasteiger partial charge < -0.3 is 0 Å². The van der Waals surface area contributed by atoms with Crippen molar-refractivity contribution in [3.63, 3.8) is 0 Å². The number of unbranched alkanes of at least 4 members (excludes halogenated alkanes) is 6. The maximum atomic E-state index is 13.8. The van der Waals surface area contributed by atoms with E-state index in [0.717, 1.165) is 32.1 Å². The van der Waals surface area contributed by atoms with Crippen molar-refractivity contribution in [3.8, 4) is 0 Å². The van der Waals surface area contributed by atoms with Gasteiger partial charge in [0.25, 0.3) is 0 Å². The van der Waals surface area contributed by atoms with Crippen molar-refractivity contribution in [2.45, 2.75) is 64.1 Å². The molecule has 0 spiro atoms. The number of hydrogen-bond donors (Lipinski definition) is 1. The van der Waals surface area contributed by atoms with Crippen LogP contribution in [0.2, 0.25) is 0 Å². The topological polar surface area (TPSA) is 4.44 Å². The van der Waals surface area contributed by atoms with Crippen LogP contribution in [0.3, 0.4) is 0 Å². The number of alkyl halides is 5. The van der Waals surface area contributed by atoms with Crippen LogP contribution in [0.25, 0.3) is 0 Å². The van der Waals surface area contributed by atoms with E-state index in [2.05, 4.69) is 6.92 Å². The Kier molecular flexibility index (Phi) is 7.95. The van der Waals surface area contributed by atoms with Crippen LogP contribution in [-0.4, -0.2) is 18.8 Å². The second-order valence-corrected chi connectivity index (χ2v) is 5.79. The van der Waals surface area contributed by atoms with E-state index < -0.39 is 17.1 Å². The summed E-state index contributed by atoms with van der Waals surface area (Å²) >= 11 is 0. The highest BCUT2D eigenvalue weighted by Crippen LogP contribution is 2.31. The maximum absolute atomic E-state index is 13.8. The van der Waals surface area contributed by atoms with Gasteiger partial charge in [-0.1, -0.05) is 57.2 Å². The van der Waals surface area contributed by atoms with Crippen molar-refractivity contribution < 1.29 is 26.9 Å². The lowest BCUT2D eigenvalue weighted by atomic mass is 10.1. The van der Waals surface area contributed by atoms with Gasteiger partial charge in [-0.2, -0.15) is 13.2 Å². The van der Waals surface area contributed by atoms with Crippen molar-refractivity contribution in [3.05, 3.63) is 30.3 Å². The molecule has 6 heteroatoms. The van der Waals surface area contributed by atoms with Crippen molar-refractivity contribution >= 4 is 5.69 Å². The molecule has 1 atom stereocenters. The monoisotopic (exact) mass is 338 g/mol. The highest BCUT2D eigenvalue weighted by atomic mass is 19.4. The van der Waals surface area contributed by atoms with Crippen molar-refractivity contribution in [1.82, 2.24) is 0 Å². The molecule has 0 aromatic heterocycles. The van der Waals surface area contributed by atoms with Crippen LogP contribution in [-0.2, 0) is 0 Å². The summed E-state index contributed by atoms with van der Waals surface area (Å²) in [5, 5.41) is 0. The number of benzene rings is 1. The third-order valence-corrected chi connectivity index (χ3v) is 3.89. The fourth-order valence-electron chi connectivity index (χ4n) is 2.55. The summed E-state index contributed by atoms with van der Waals surface area (Å²) in [6.07, 6.45) is 0.681. The van der Waals surface area contributed by atoms with Gasteiger partial charge in [-0.15, -0.1) is 8.78 Å². The van der Waals surface area contributed by atoms with Crippen LogP contribution in [0.5, 0.6) is 0 Å². The fourth-order valence-corrected chi connectivity index (χ4v) is 2.55. The minimum Gasteiger partial charge on any atom is -0.234 e. The van der Waals surface area contributed by atoms with Gasteiger partial charge in [0.15, 0.2) is 0 Å². The van der Waals surface area contributed by atoms with Crippen LogP contribution in [0.15, 0.2) is 30.3 Å². The summed E-state index contributed by atoms with van der Waals surface area (Å²) < 4.78 is 65.7. The molecule has 0 heterocycles. The van der Waals surface area contributed by atoms with Gasteiger partial charge in [-0.3, -0.25) is 0 Å². The zero-order chi connectivity index (χ0) is 17.3. The first-order valence-electron chi connectivity index (χ1n) is 8.17. The first-order valence-corrected chi connectivity index (χ1v) is 8.17. The van der Waals surface area contributed by atoms with E-state index in [1.54, 1.807) is 6.07 Å². The molecular weight excluding hydrogens is 313 g/mol. The Morgan fingerprint density at radius 1 is 0.783 bits per heavy atom. The summed E-state index contributed by atoms with van der Waals surface area (Å²) in [4.78, 5) is -0.820. The van der Waals surface area contributed by atoms with Gasteiger partial charge in [0, 0.05) is 0 Å². The summed E-state index contributed by atoms with van der Waals surface area (Å²) in [5.41, 5.74) is -0.0270. The molecule has 0 saturated heterocycles. The Morgan fingerprint density at radius 2 is 1.30 bits per heavy atom. The molecule has 1 N–H and O–H groups in total. The molecule has 132 valence electrons. The second-order valence-electron chi connectivity index (χ2n) is 5.79. The average Bonchev–Trinajstić information content (AvgIpc) is 2.49. The number of rotatable bonds is 10. The molecule has 0 radical (unpaired) electrons. The highest BCUT2D eigenvalue weighted by molar-refractivity contribution is 5.28. The molecule has 0 aliphatic heterocycles. The Morgan fingerprint density at radius 3 is 1.83 bits per heavy atom. The smallest absolute Gasteiger partial charge is 0.234 e. The zero-order valence-electron chi connectivity index (χ0n) is 13.4. The van der Waals surface area contributed by atoms with Crippen molar-refractivity contribution in [1.29, 1.82) is 0 Å². The summed E-state index contributed by atoms with van der Waals surface area (Å²) in [7, 11) is 0. The van der Waals surface area contributed by atoms with Gasteiger partial charge in [0.1, 0.15) is 5.69 Å². The SMILES string of the molecule is CCCCCCCCC[NH+](c1ccccc1)C(F)(F)C(F)(F)F. The van der Waals surface area contributed by atoms with E-state index in [9.17, 15) is 22.0 Å². The molecule has 1 aromatic carbocycles. The molecule has 0 aliphatic carbocycles. The molecule has 0 bridgehead atoms. The highest BCUT2D eigenvalue weighted by Gasteiger charge is 2.66. The summed E-state index contributed by atoms with van der Waals surface area (Å²) in [6.45, 7) is 1.87. The van der Waals surface area contributed by atoms with Crippen LogP contribution < -0.4 is 4.90 Å². The molecular formula is C17H25F5N+. The van der Waals surface area contributed by atoms with E-state index in [-0.39, 0.29) is 12.2 Å². The molecule has 1 unspecified atom stereocenters. The van der Waals surface area contributed by atoms with Gasteiger partial charge in [-0.05, 0) is 25.0 Å². The third-order valence-electron chi connectivity index (χ3n) is 3.89. The normalized spacial score (nSPS) is 14.0. The lowest BCUT2D eigenvalue weighted by molar-refractivity contribution is -0.950. The zero-order valence-corrected chi connectivity index (χ0v) is 13.4. The lowest BCUT2D eigenvalue weighted by Gasteiger charge is -2.28. The molecule has 0 aliphatic rings. The minimum atomic E-state index is -5.56. The predicted molar refractivity (Wildman–Crippen MR) is 80.9 cm³/mol. The number of halogens is 5.